The minimum atomic E-state index is -1.82. The minimum absolute atomic E-state index is 0.0452. The number of allylic oxidation sites excluding steroid dienone is 3. The first-order valence-electron chi connectivity index (χ1n) is 17.0. The lowest BCUT2D eigenvalue weighted by Crippen LogP contribution is -2.63. The van der Waals surface area contributed by atoms with Crippen LogP contribution in [0.25, 0.3) is 0 Å². The van der Waals surface area contributed by atoms with Gasteiger partial charge in [0, 0.05) is 45.7 Å². The summed E-state index contributed by atoms with van der Waals surface area (Å²) in [4.78, 5) is 56.2. The lowest BCUT2D eigenvalue weighted by molar-refractivity contribution is -0.161. The number of benzene rings is 1. The molecule has 2 saturated heterocycles. The van der Waals surface area contributed by atoms with E-state index < -0.39 is 65.7 Å². The number of likely N-dealkylation sites (N-methyl/N-ethyl adjacent to an activating group) is 1. The summed E-state index contributed by atoms with van der Waals surface area (Å²) >= 11 is 6.75. The normalized spacial score (nSPS) is 31.6. The number of fused-ring (bicyclic) bond motifs is 5. The zero-order chi connectivity index (χ0) is 38.5. The predicted molar refractivity (Wildman–Crippen MR) is 202 cm³/mol. The molecule has 0 saturated carbocycles. The van der Waals surface area contributed by atoms with Crippen LogP contribution in [0.15, 0.2) is 35.9 Å². The van der Waals surface area contributed by atoms with Crippen LogP contribution in [-0.2, 0) is 39.8 Å². The maximum absolute atomic E-state index is 14.1. The molecule has 1 aromatic carbocycles. The number of anilines is 1. The van der Waals surface area contributed by atoms with E-state index in [0.717, 1.165) is 11.1 Å². The first kappa shape index (κ1) is 41.8. The second-order valence-corrected chi connectivity index (χ2v) is 16.7. The highest BCUT2D eigenvalue weighted by Crippen LogP contribution is 2.49. The molecule has 52 heavy (non-hydrogen) atoms. The number of carbonyl (C=O) groups is 4. The molecule has 0 unspecified atom stereocenters. The molecule has 8 atom stereocenters. The van der Waals surface area contributed by atoms with Crippen LogP contribution in [0.3, 0.4) is 0 Å². The Morgan fingerprint density at radius 1 is 1.27 bits per heavy atom. The number of methoxy groups -OCH3 is 2. The zero-order valence-corrected chi connectivity index (χ0v) is 33.5. The maximum atomic E-state index is 14.1. The molecule has 1 aromatic rings. The Balaban J connectivity index is 1.74. The minimum Gasteiger partial charge on any atom is -0.495 e. The summed E-state index contributed by atoms with van der Waals surface area (Å²) in [5.41, 5.74) is -0.884. The summed E-state index contributed by atoms with van der Waals surface area (Å²) in [7, 11) is 9.14. The highest BCUT2D eigenvalue weighted by atomic mass is 35.5. The van der Waals surface area contributed by atoms with E-state index >= 15 is 0 Å². The van der Waals surface area contributed by atoms with E-state index in [1.54, 1.807) is 73.7 Å². The van der Waals surface area contributed by atoms with E-state index in [0.29, 0.717) is 23.6 Å². The Morgan fingerprint density at radius 3 is 2.63 bits per heavy atom. The molecule has 16 heteroatoms. The van der Waals surface area contributed by atoms with Gasteiger partial charge in [0.2, 0.25) is 11.8 Å². The van der Waals surface area contributed by atoms with E-state index in [-0.39, 0.29) is 30.2 Å². The molecule has 2 fully saturated rings. The lowest BCUT2D eigenvalue weighted by Gasteiger charge is -2.42. The van der Waals surface area contributed by atoms with Crippen molar-refractivity contribution in [3.05, 3.63) is 46.5 Å². The molecule has 4 rings (SSSR count). The van der Waals surface area contributed by atoms with Gasteiger partial charge in [-0.15, -0.1) is 0 Å². The van der Waals surface area contributed by atoms with Gasteiger partial charge in [0.25, 0.3) is 0 Å². The second-order valence-electron chi connectivity index (χ2n) is 13.6. The molecule has 0 aliphatic carbocycles. The van der Waals surface area contributed by atoms with Gasteiger partial charge >= 0.3 is 12.1 Å². The molecule has 0 radical (unpaired) electrons. The molecule has 13 nitrogen and oxygen atoms in total. The van der Waals surface area contributed by atoms with E-state index in [4.69, 9.17) is 35.3 Å². The van der Waals surface area contributed by atoms with Crippen LogP contribution in [0.4, 0.5) is 10.5 Å². The van der Waals surface area contributed by atoms with Gasteiger partial charge in [-0.3, -0.25) is 14.9 Å². The monoisotopic (exact) mass is 783 g/mol. The van der Waals surface area contributed by atoms with E-state index in [2.05, 4.69) is 5.32 Å². The summed E-state index contributed by atoms with van der Waals surface area (Å²) in [6, 6.07) is 2.63. The number of hydrogen-bond acceptors (Lipinski definition) is 12. The van der Waals surface area contributed by atoms with E-state index in [1.807, 2.05) is 19.3 Å². The van der Waals surface area contributed by atoms with Crippen LogP contribution in [0.2, 0.25) is 5.02 Å². The van der Waals surface area contributed by atoms with E-state index in [9.17, 15) is 24.3 Å². The molecule has 0 spiro atoms. The van der Waals surface area contributed by atoms with Crippen LogP contribution < -0.4 is 15.0 Å². The van der Waals surface area contributed by atoms with Crippen molar-refractivity contribution in [3.8, 4) is 5.75 Å². The number of amides is 3. The third-order valence-corrected chi connectivity index (χ3v) is 12.2. The van der Waals surface area contributed by atoms with Crippen molar-refractivity contribution in [1.82, 2.24) is 10.2 Å². The fraction of sp³-hybridized carbons (Fsp3) is 0.611. The quantitative estimate of drug-likeness (QED) is 0.151. The van der Waals surface area contributed by atoms with Crippen LogP contribution in [-0.4, -0.2) is 116 Å². The lowest BCUT2D eigenvalue weighted by atomic mass is 9.83. The largest absolute Gasteiger partial charge is 0.495 e. The van der Waals surface area contributed by atoms with Gasteiger partial charge in [0.05, 0.1) is 25.3 Å². The maximum Gasteiger partial charge on any atom is 0.409 e. The van der Waals surface area contributed by atoms with Gasteiger partial charge in [-0.1, -0.05) is 63.9 Å². The molecular formula is C36H50ClN3O10S2. The van der Waals surface area contributed by atoms with Gasteiger partial charge in [-0.25, -0.2) is 9.59 Å². The number of nitrogens with one attached hydrogen (secondary N) is 1. The fourth-order valence-corrected chi connectivity index (χ4v) is 8.09. The topological polar surface area (TPSA) is 156 Å². The Kier molecular flexibility index (Phi) is 14.0. The highest BCUT2D eigenvalue weighted by molar-refractivity contribution is 8.76. The van der Waals surface area contributed by atoms with Crippen LogP contribution in [0.1, 0.15) is 52.5 Å². The smallest absolute Gasteiger partial charge is 0.409 e. The van der Waals surface area contributed by atoms with Crippen molar-refractivity contribution in [2.45, 2.75) is 95.2 Å². The molecular weight excluding hydrogens is 734 g/mol. The van der Waals surface area contributed by atoms with Gasteiger partial charge in [0.1, 0.15) is 40.7 Å². The standard InChI is InChI=1S/C36H50ClN3O10S2/c1-20-11-10-12-27(47-8)36(45)19-26(48-34(44)38-36)21(2)32-35(4,50-32)28(49-33(43)22(3)39(5)29(41)13-14-52-51-9)18-30(42)40(6)24-16-23(15-20)17-25(46-7)31(24)37/h10-12,16-17,21-22,26-28,32,45H,13-15,18-19H2,1-9H3,(H,38,44)/b12-10+,20-11+/t21-,22+,26+,27-,28+,32+,35+,36+/m1/s1. The van der Waals surface area contributed by atoms with Crippen molar-refractivity contribution in [1.29, 1.82) is 0 Å². The van der Waals surface area contributed by atoms with Crippen LogP contribution >= 0.6 is 33.2 Å². The summed E-state index contributed by atoms with van der Waals surface area (Å²) in [6.45, 7) is 7.02. The van der Waals surface area contributed by atoms with Gasteiger partial charge in [0.15, 0.2) is 5.72 Å². The third-order valence-electron chi connectivity index (χ3n) is 10.0. The van der Waals surface area contributed by atoms with Crippen molar-refractivity contribution in [2.24, 2.45) is 5.92 Å². The molecule has 3 heterocycles. The zero-order valence-electron chi connectivity index (χ0n) is 31.1. The summed E-state index contributed by atoms with van der Waals surface area (Å²) in [5, 5.41) is 14.5. The number of rotatable bonds is 9. The van der Waals surface area contributed by atoms with Crippen LogP contribution in [0.5, 0.6) is 5.75 Å². The number of aliphatic hydroxyl groups is 1. The Bertz CT molecular complexity index is 1580. The van der Waals surface area contributed by atoms with Crippen molar-refractivity contribution < 1.29 is 48.0 Å². The Hall–Kier alpha value is -2.95. The fourth-order valence-electron chi connectivity index (χ4n) is 6.61. The average Bonchev–Trinajstić information content (AvgIpc) is 3.80. The Morgan fingerprint density at radius 2 is 1.98 bits per heavy atom. The third kappa shape index (κ3) is 9.40. The van der Waals surface area contributed by atoms with Gasteiger partial charge in [-0.05, 0) is 51.1 Å². The number of esters is 1. The van der Waals surface area contributed by atoms with Gasteiger partial charge in [-0.2, -0.15) is 0 Å². The number of epoxide rings is 1. The first-order valence-corrected chi connectivity index (χ1v) is 20.1. The van der Waals surface area contributed by atoms with E-state index in [1.165, 1.54) is 31.1 Å². The molecule has 3 amide bonds. The molecule has 3 aliphatic rings. The Labute approximate surface area is 318 Å². The van der Waals surface area contributed by atoms with Crippen molar-refractivity contribution >= 4 is 62.8 Å². The summed E-state index contributed by atoms with van der Waals surface area (Å²) in [5.74, 6) is -0.916. The molecule has 0 aromatic heterocycles. The first-order chi connectivity index (χ1) is 24.5. The van der Waals surface area contributed by atoms with Crippen molar-refractivity contribution in [3.63, 3.8) is 0 Å². The van der Waals surface area contributed by atoms with Crippen molar-refractivity contribution in [2.75, 3.05) is 45.2 Å². The molecule has 2 N–H and O–H groups in total. The summed E-state index contributed by atoms with van der Waals surface area (Å²) in [6.07, 6.45) is 3.17. The number of hydrogen-bond donors (Lipinski definition) is 2. The predicted octanol–water partition coefficient (Wildman–Crippen LogP) is 4.92. The SMILES string of the molecule is COc1cc2cc(c1Cl)N(C)C(=O)C[C@H](OC(=O)[C@H](C)N(C)C(=O)CCSSC)[C@]1(C)O[C@H]1[C@H](C)[C@@H]1C[C@@](O)(NC(=O)O1)[C@H](OC)/C=C/C=C(\C)C2. The van der Waals surface area contributed by atoms with Crippen LogP contribution in [0, 0.1) is 5.92 Å². The highest BCUT2D eigenvalue weighted by Gasteiger charge is 2.64. The number of alkyl carbamates (subject to hydrolysis) is 1. The number of carbonyl (C=O) groups excluding carboxylic acids is 4. The number of nitrogens with zero attached hydrogens (tertiary/aromatic N) is 2. The number of halogens is 1. The second kappa shape index (κ2) is 17.5. The molecule has 288 valence electrons. The molecule has 3 aliphatic heterocycles. The summed E-state index contributed by atoms with van der Waals surface area (Å²) < 4.78 is 29.2. The average molecular weight is 784 g/mol. The molecule has 4 bridgehead atoms. The van der Waals surface area contributed by atoms with Gasteiger partial charge < -0.3 is 38.6 Å². The number of ether oxygens (including phenoxy) is 5.